The van der Waals surface area contributed by atoms with Gasteiger partial charge in [-0.2, -0.15) is 0 Å². The highest BCUT2D eigenvalue weighted by molar-refractivity contribution is 4.95. The average molecular weight is 224 g/mol. The Bertz CT molecular complexity index is 205. The summed E-state index contributed by atoms with van der Waals surface area (Å²) in [5, 5.41) is 3.86. The van der Waals surface area contributed by atoms with Gasteiger partial charge in [-0.15, -0.1) is 0 Å². The maximum Gasteiger partial charge on any atom is 0.0179 e. The molecule has 2 fully saturated rings. The van der Waals surface area contributed by atoms with E-state index in [4.69, 9.17) is 5.73 Å². The van der Waals surface area contributed by atoms with Crippen molar-refractivity contribution < 1.29 is 0 Å². The van der Waals surface area contributed by atoms with Crippen molar-refractivity contribution in [2.24, 2.45) is 17.6 Å². The summed E-state index contributed by atoms with van der Waals surface area (Å²) in [6, 6.07) is 0. The zero-order valence-corrected chi connectivity index (χ0v) is 10.8. The van der Waals surface area contributed by atoms with Crippen LogP contribution >= 0.6 is 0 Å². The van der Waals surface area contributed by atoms with E-state index in [1.54, 1.807) is 0 Å². The molecule has 0 aliphatic heterocycles. The quantitative estimate of drug-likeness (QED) is 0.753. The summed E-state index contributed by atoms with van der Waals surface area (Å²) in [5.74, 6) is 1.64. The van der Waals surface area contributed by atoms with Crippen molar-refractivity contribution in [2.45, 2.75) is 63.8 Å². The van der Waals surface area contributed by atoms with Gasteiger partial charge in [-0.1, -0.05) is 19.8 Å². The van der Waals surface area contributed by atoms with Crippen molar-refractivity contribution in [2.75, 3.05) is 13.1 Å². The Balaban J connectivity index is 1.79. The predicted molar refractivity (Wildman–Crippen MR) is 69.4 cm³/mol. The third kappa shape index (κ3) is 2.60. The third-order valence-electron chi connectivity index (χ3n) is 5.10. The molecule has 0 aromatic heterocycles. The van der Waals surface area contributed by atoms with Crippen LogP contribution in [0.5, 0.6) is 0 Å². The smallest absolute Gasteiger partial charge is 0.0179 e. The summed E-state index contributed by atoms with van der Waals surface area (Å²) < 4.78 is 0. The van der Waals surface area contributed by atoms with Gasteiger partial charge in [0.25, 0.3) is 0 Å². The lowest BCUT2D eigenvalue weighted by Crippen LogP contribution is -2.52. The zero-order valence-electron chi connectivity index (χ0n) is 10.8. The van der Waals surface area contributed by atoms with Crippen LogP contribution in [0.4, 0.5) is 0 Å². The molecule has 2 unspecified atom stereocenters. The summed E-state index contributed by atoms with van der Waals surface area (Å²) in [6.07, 6.45) is 11.1. The summed E-state index contributed by atoms with van der Waals surface area (Å²) in [7, 11) is 0. The maximum absolute atomic E-state index is 5.88. The van der Waals surface area contributed by atoms with E-state index in [0.29, 0.717) is 5.54 Å². The fourth-order valence-electron chi connectivity index (χ4n) is 3.47. The van der Waals surface area contributed by atoms with Crippen LogP contribution in [0, 0.1) is 11.8 Å². The minimum atomic E-state index is 0.511. The summed E-state index contributed by atoms with van der Waals surface area (Å²) in [6.45, 7) is 4.44. The van der Waals surface area contributed by atoms with Crippen LogP contribution in [0.2, 0.25) is 0 Å². The van der Waals surface area contributed by atoms with Gasteiger partial charge in [-0.3, -0.25) is 0 Å². The number of hydrogen-bond acceptors (Lipinski definition) is 2. The molecule has 0 bridgehead atoms. The molecule has 0 radical (unpaired) electrons. The molecule has 0 saturated heterocycles. The lowest BCUT2D eigenvalue weighted by molar-refractivity contribution is 0.144. The molecule has 0 spiro atoms. The van der Waals surface area contributed by atoms with Gasteiger partial charge in [0.1, 0.15) is 0 Å². The van der Waals surface area contributed by atoms with Crippen LogP contribution in [-0.4, -0.2) is 18.6 Å². The average Bonchev–Trinajstić information content (AvgIpc) is 2.29. The number of nitrogens with two attached hydrogens (primary N) is 1. The van der Waals surface area contributed by atoms with Crippen molar-refractivity contribution in [1.29, 1.82) is 0 Å². The first-order chi connectivity index (χ1) is 7.79. The molecule has 94 valence electrons. The van der Waals surface area contributed by atoms with Crippen molar-refractivity contribution in [3.63, 3.8) is 0 Å². The molecule has 2 aliphatic rings. The van der Waals surface area contributed by atoms with Crippen molar-refractivity contribution in [3.8, 4) is 0 Å². The highest BCUT2D eigenvalue weighted by Crippen LogP contribution is 2.36. The van der Waals surface area contributed by atoms with Crippen LogP contribution in [-0.2, 0) is 0 Å². The second kappa shape index (κ2) is 5.50. The molecule has 3 N–H and O–H groups in total. The SMILES string of the molecule is CCC1(NCC2CCCCC2CN)CCC1. The lowest BCUT2D eigenvalue weighted by Gasteiger charge is -2.44. The molecular weight excluding hydrogens is 196 g/mol. The molecule has 2 saturated carbocycles. The van der Waals surface area contributed by atoms with E-state index in [1.165, 1.54) is 57.9 Å². The maximum atomic E-state index is 5.88. The molecular formula is C14H28N2. The molecule has 2 atom stereocenters. The third-order valence-corrected chi connectivity index (χ3v) is 5.10. The summed E-state index contributed by atoms with van der Waals surface area (Å²) in [4.78, 5) is 0. The van der Waals surface area contributed by atoms with Gasteiger partial charge < -0.3 is 11.1 Å². The first-order valence-electron chi connectivity index (χ1n) is 7.25. The first kappa shape index (κ1) is 12.4. The van der Waals surface area contributed by atoms with Crippen molar-refractivity contribution in [1.82, 2.24) is 5.32 Å². The van der Waals surface area contributed by atoms with Gasteiger partial charge >= 0.3 is 0 Å². The van der Waals surface area contributed by atoms with E-state index in [9.17, 15) is 0 Å². The predicted octanol–water partition coefficient (Wildman–Crippen LogP) is 2.67. The number of rotatable bonds is 5. The van der Waals surface area contributed by atoms with Gasteiger partial charge in [0.2, 0.25) is 0 Å². The van der Waals surface area contributed by atoms with E-state index >= 15 is 0 Å². The Labute approximate surface area is 100 Å². The molecule has 0 aromatic rings. The monoisotopic (exact) mass is 224 g/mol. The van der Waals surface area contributed by atoms with E-state index in [0.717, 1.165) is 18.4 Å². The Morgan fingerprint density at radius 2 is 1.81 bits per heavy atom. The van der Waals surface area contributed by atoms with Crippen LogP contribution in [0.1, 0.15) is 58.3 Å². The first-order valence-corrected chi connectivity index (χ1v) is 7.25. The van der Waals surface area contributed by atoms with Crippen molar-refractivity contribution >= 4 is 0 Å². The molecule has 2 nitrogen and oxygen atoms in total. The molecule has 2 rings (SSSR count). The molecule has 2 aliphatic carbocycles. The molecule has 0 heterocycles. The Kier molecular flexibility index (Phi) is 4.26. The fraction of sp³-hybridized carbons (Fsp3) is 1.00. The second-order valence-corrected chi connectivity index (χ2v) is 5.91. The highest BCUT2D eigenvalue weighted by atomic mass is 15.0. The van der Waals surface area contributed by atoms with E-state index in [2.05, 4.69) is 12.2 Å². The van der Waals surface area contributed by atoms with Crippen LogP contribution < -0.4 is 11.1 Å². The Hall–Kier alpha value is -0.0800. The van der Waals surface area contributed by atoms with Gasteiger partial charge in [-0.25, -0.2) is 0 Å². The van der Waals surface area contributed by atoms with Crippen LogP contribution in [0.3, 0.4) is 0 Å². The normalized spacial score (nSPS) is 33.4. The number of nitrogens with one attached hydrogen (secondary N) is 1. The standard InChI is InChI=1S/C14H28N2/c1-2-14(8-5-9-14)16-11-13-7-4-3-6-12(13)10-15/h12-13,16H,2-11,15H2,1H3. The van der Waals surface area contributed by atoms with Gasteiger partial charge in [0.15, 0.2) is 0 Å². The second-order valence-electron chi connectivity index (χ2n) is 5.91. The van der Waals surface area contributed by atoms with Gasteiger partial charge in [0, 0.05) is 5.54 Å². The molecule has 2 heteroatoms. The van der Waals surface area contributed by atoms with Gasteiger partial charge in [-0.05, 0) is 63.5 Å². The number of hydrogen-bond donors (Lipinski definition) is 2. The van der Waals surface area contributed by atoms with Crippen LogP contribution in [0.15, 0.2) is 0 Å². The largest absolute Gasteiger partial charge is 0.330 e. The Morgan fingerprint density at radius 1 is 1.12 bits per heavy atom. The lowest BCUT2D eigenvalue weighted by atomic mass is 9.73. The summed E-state index contributed by atoms with van der Waals surface area (Å²) >= 11 is 0. The van der Waals surface area contributed by atoms with E-state index in [1.807, 2.05) is 0 Å². The summed E-state index contributed by atoms with van der Waals surface area (Å²) in [5.41, 5.74) is 6.39. The van der Waals surface area contributed by atoms with Crippen molar-refractivity contribution in [3.05, 3.63) is 0 Å². The minimum absolute atomic E-state index is 0.511. The van der Waals surface area contributed by atoms with E-state index < -0.39 is 0 Å². The zero-order chi connectivity index (χ0) is 11.4. The Morgan fingerprint density at radius 3 is 2.31 bits per heavy atom. The topological polar surface area (TPSA) is 38.0 Å². The fourth-order valence-corrected chi connectivity index (χ4v) is 3.47. The highest BCUT2D eigenvalue weighted by Gasteiger charge is 2.35. The van der Waals surface area contributed by atoms with Crippen LogP contribution in [0.25, 0.3) is 0 Å². The molecule has 16 heavy (non-hydrogen) atoms. The minimum Gasteiger partial charge on any atom is -0.330 e. The molecule has 0 aromatic carbocycles. The molecule has 0 amide bonds. The van der Waals surface area contributed by atoms with Gasteiger partial charge in [0.05, 0.1) is 0 Å². The van der Waals surface area contributed by atoms with E-state index in [-0.39, 0.29) is 0 Å².